The van der Waals surface area contributed by atoms with Crippen LogP contribution >= 0.6 is 0 Å². The van der Waals surface area contributed by atoms with Gasteiger partial charge in [-0.1, -0.05) is 94.5 Å². The van der Waals surface area contributed by atoms with Crippen molar-refractivity contribution < 1.29 is 0 Å². The monoisotopic (exact) mass is 332 g/mol. The molecule has 3 rings (SSSR count). The molecule has 0 N–H and O–H groups in total. The molecule has 0 radical (unpaired) electrons. The molecule has 0 spiro atoms. The van der Waals surface area contributed by atoms with Crippen LogP contribution in [-0.2, 0) is 0 Å². The maximum Gasteiger partial charge on any atom is -0.0395 e. The number of rotatable bonds is 0. The molecule has 132 valence electrons. The van der Waals surface area contributed by atoms with E-state index in [4.69, 9.17) is 0 Å². The van der Waals surface area contributed by atoms with Crippen LogP contribution in [0.4, 0.5) is 0 Å². The first-order valence-corrected chi connectivity index (χ1v) is 8.88. The summed E-state index contributed by atoms with van der Waals surface area (Å²) < 4.78 is 0. The molecular formula is C25H32. The minimum Gasteiger partial charge on any atom is -0.0591 e. The maximum absolute atomic E-state index is 2.20. The van der Waals surface area contributed by atoms with Crippen molar-refractivity contribution in [3.05, 3.63) is 106 Å². The molecule has 0 saturated carbocycles. The summed E-state index contributed by atoms with van der Waals surface area (Å²) in [5.41, 5.74) is 9.42. The van der Waals surface area contributed by atoms with Gasteiger partial charge in [0.1, 0.15) is 0 Å². The van der Waals surface area contributed by atoms with Gasteiger partial charge in [0.15, 0.2) is 0 Å². The Morgan fingerprint density at radius 1 is 0.320 bits per heavy atom. The van der Waals surface area contributed by atoms with Crippen LogP contribution in [-0.4, -0.2) is 0 Å². The highest BCUT2D eigenvalue weighted by Crippen LogP contribution is 2.07. The molecule has 25 heavy (non-hydrogen) atoms. The largest absolute Gasteiger partial charge is 0.0591 e. The summed E-state index contributed by atoms with van der Waals surface area (Å²) >= 11 is 0. The number of aryl methyl sites for hydroxylation is 7. The van der Waals surface area contributed by atoms with E-state index in [1.165, 1.54) is 38.9 Å². The molecule has 0 aliphatic rings. The SMILES string of the molecule is Cc1ccc(C)c(C)c1.Cc1ccc(C)cc1.Cc1ccc(C)cc1. The number of hydrogen-bond donors (Lipinski definition) is 0. The van der Waals surface area contributed by atoms with Gasteiger partial charge in [0.25, 0.3) is 0 Å². The fraction of sp³-hybridized carbons (Fsp3) is 0.280. The zero-order valence-corrected chi connectivity index (χ0v) is 16.9. The minimum atomic E-state index is 1.33. The third-order valence-electron chi connectivity index (χ3n) is 4.10. The summed E-state index contributed by atoms with van der Waals surface area (Å²) in [7, 11) is 0. The average molecular weight is 333 g/mol. The highest BCUT2D eigenvalue weighted by Gasteiger charge is 1.89. The lowest BCUT2D eigenvalue weighted by molar-refractivity contribution is 1.30. The first-order valence-electron chi connectivity index (χ1n) is 8.88. The van der Waals surface area contributed by atoms with Crippen molar-refractivity contribution in [1.29, 1.82) is 0 Å². The van der Waals surface area contributed by atoms with Crippen molar-refractivity contribution in [2.24, 2.45) is 0 Å². The summed E-state index contributed by atoms with van der Waals surface area (Å²) in [6, 6.07) is 23.5. The Bertz CT molecular complexity index is 662. The molecule has 0 saturated heterocycles. The normalized spacial score (nSPS) is 9.40. The number of benzene rings is 3. The van der Waals surface area contributed by atoms with E-state index in [-0.39, 0.29) is 0 Å². The molecule has 0 heterocycles. The zero-order valence-electron chi connectivity index (χ0n) is 16.9. The summed E-state index contributed by atoms with van der Waals surface area (Å²) in [4.78, 5) is 0. The molecule has 0 unspecified atom stereocenters. The minimum absolute atomic E-state index is 1.33. The molecule has 3 aromatic rings. The third-order valence-corrected chi connectivity index (χ3v) is 4.10. The van der Waals surface area contributed by atoms with E-state index in [1.807, 2.05) is 0 Å². The molecular weight excluding hydrogens is 300 g/mol. The topological polar surface area (TPSA) is 0 Å². The zero-order chi connectivity index (χ0) is 18.8. The van der Waals surface area contributed by atoms with Crippen LogP contribution in [0.25, 0.3) is 0 Å². The summed E-state index contributed by atoms with van der Waals surface area (Å²) in [6.07, 6.45) is 0. The van der Waals surface area contributed by atoms with Crippen molar-refractivity contribution in [2.45, 2.75) is 48.5 Å². The number of hydrogen-bond acceptors (Lipinski definition) is 0. The van der Waals surface area contributed by atoms with Gasteiger partial charge >= 0.3 is 0 Å². The third kappa shape index (κ3) is 8.91. The van der Waals surface area contributed by atoms with Gasteiger partial charge in [0.2, 0.25) is 0 Å². The Hall–Kier alpha value is -2.34. The second-order valence-corrected chi connectivity index (χ2v) is 6.90. The van der Waals surface area contributed by atoms with Crippen LogP contribution < -0.4 is 0 Å². The van der Waals surface area contributed by atoms with Crippen molar-refractivity contribution in [1.82, 2.24) is 0 Å². The summed E-state index contributed by atoms with van der Waals surface area (Å²) in [6.45, 7) is 14.8. The van der Waals surface area contributed by atoms with E-state index < -0.39 is 0 Å². The molecule has 0 heteroatoms. The van der Waals surface area contributed by atoms with Crippen LogP contribution in [0.3, 0.4) is 0 Å². The lowest BCUT2D eigenvalue weighted by Gasteiger charge is -1.98. The second kappa shape index (κ2) is 10.5. The van der Waals surface area contributed by atoms with E-state index in [0.29, 0.717) is 0 Å². The molecule has 0 aliphatic heterocycles. The Kier molecular flexibility index (Phi) is 8.70. The molecule has 0 atom stereocenters. The van der Waals surface area contributed by atoms with Gasteiger partial charge in [0.05, 0.1) is 0 Å². The first kappa shape index (κ1) is 20.7. The van der Waals surface area contributed by atoms with E-state index >= 15 is 0 Å². The molecule has 0 fully saturated rings. The van der Waals surface area contributed by atoms with Gasteiger partial charge in [0, 0.05) is 0 Å². The fourth-order valence-electron chi connectivity index (χ4n) is 2.17. The van der Waals surface area contributed by atoms with Gasteiger partial charge in [-0.05, 0) is 59.6 Å². The van der Waals surface area contributed by atoms with Crippen LogP contribution in [0.2, 0.25) is 0 Å². The van der Waals surface area contributed by atoms with Crippen molar-refractivity contribution in [2.75, 3.05) is 0 Å². The van der Waals surface area contributed by atoms with Gasteiger partial charge in [-0.2, -0.15) is 0 Å². The van der Waals surface area contributed by atoms with Crippen LogP contribution in [0.1, 0.15) is 38.9 Å². The predicted molar refractivity (Wildman–Crippen MR) is 112 cm³/mol. The molecule has 0 bridgehead atoms. The molecule has 0 amide bonds. The Morgan fingerprint density at radius 2 is 0.600 bits per heavy atom. The molecule has 0 aromatic heterocycles. The van der Waals surface area contributed by atoms with E-state index in [0.717, 1.165) is 0 Å². The lowest BCUT2D eigenvalue weighted by Crippen LogP contribution is -1.79. The van der Waals surface area contributed by atoms with Crippen molar-refractivity contribution >= 4 is 0 Å². The molecule has 0 nitrogen and oxygen atoms in total. The Balaban J connectivity index is 0.000000188. The van der Waals surface area contributed by atoms with Crippen molar-refractivity contribution in [3.63, 3.8) is 0 Å². The average Bonchev–Trinajstić information content (AvgIpc) is 2.58. The summed E-state index contributed by atoms with van der Waals surface area (Å²) in [5.74, 6) is 0. The van der Waals surface area contributed by atoms with Gasteiger partial charge in [-0.25, -0.2) is 0 Å². The summed E-state index contributed by atoms with van der Waals surface area (Å²) in [5, 5.41) is 0. The van der Waals surface area contributed by atoms with Crippen molar-refractivity contribution in [3.8, 4) is 0 Å². The van der Waals surface area contributed by atoms with Gasteiger partial charge < -0.3 is 0 Å². The van der Waals surface area contributed by atoms with E-state index in [1.54, 1.807) is 0 Å². The van der Waals surface area contributed by atoms with Gasteiger partial charge in [-0.15, -0.1) is 0 Å². The highest BCUT2D eigenvalue weighted by atomic mass is 13.9. The standard InChI is InChI=1S/C9H12.2C8H10/c1-7-4-5-8(2)9(3)6-7;2*1-7-3-5-8(2)6-4-7/h4-6H,1-3H3;2*3-6H,1-2H3. The highest BCUT2D eigenvalue weighted by molar-refractivity contribution is 5.28. The Morgan fingerprint density at radius 3 is 0.840 bits per heavy atom. The predicted octanol–water partition coefficient (Wildman–Crippen LogP) is 7.22. The van der Waals surface area contributed by atoms with Crippen LogP contribution in [0.5, 0.6) is 0 Å². The first-order chi connectivity index (χ1) is 11.8. The quantitative estimate of drug-likeness (QED) is 0.407. The smallest absolute Gasteiger partial charge is 0.0395 e. The lowest BCUT2D eigenvalue weighted by atomic mass is 10.1. The fourth-order valence-corrected chi connectivity index (χ4v) is 2.17. The van der Waals surface area contributed by atoms with E-state index in [9.17, 15) is 0 Å². The second-order valence-electron chi connectivity index (χ2n) is 6.90. The van der Waals surface area contributed by atoms with Crippen LogP contribution in [0, 0.1) is 48.5 Å². The van der Waals surface area contributed by atoms with Gasteiger partial charge in [-0.3, -0.25) is 0 Å². The molecule has 3 aromatic carbocycles. The molecule has 0 aliphatic carbocycles. The Labute approximate surface area is 154 Å². The van der Waals surface area contributed by atoms with E-state index in [2.05, 4.69) is 115 Å². The van der Waals surface area contributed by atoms with Crippen LogP contribution in [0.15, 0.2) is 66.7 Å². The maximum atomic E-state index is 2.20.